The highest BCUT2D eigenvalue weighted by atomic mass is 35.5. The Kier molecular flexibility index (Phi) is 6.34. The average Bonchev–Trinajstić information content (AvgIpc) is 3.02. The number of hydrogen-bond donors (Lipinski definition) is 1. The predicted octanol–water partition coefficient (Wildman–Crippen LogP) is 5.02. The molecule has 170 valence electrons. The molecule has 3 aromatic rings. The number of ketones is 1. The van der Waals surface area contributed by atoms with E-state index < -0.39 is 23.7 Å². The molecule has 0 spiro atoms. The van der Waals surface area contributed by atoms with Crippen LogP contribution in [0.5, 0.6) is 11.5 Å². The van der Waals surface area contributed by atoms with Crippen LogP contribution < -0.4 is 14.4 Å². The van der Waals surface area contributed by atoms with Gasteiger partial charge in [0.15, 0.2) is 11.4 Å². The third kappa shape index (κ3) is 4.17. The monoisotopic (exact) mass is 485 g/mol. The summed E-state index contributed by atoms with van der Waals surface area (Å²) in [6, 6.07) is 16.7. The van der Waals surface area contributed by atoms with Gasteiger partial charge in [-0.25, -0.2) is 0 Å². The lowest BCUT2D eigenvalue weighted by molar-refractivity contribution is -0.136. The largest absolute Gasteiger partial charge is 0.497 e. The Hall–Kier alpha value is -3.06. The highest BCUT2D eigenvalue weighted by Crippen LogP contribution is 2.44. The summed E-state index contributed by atoms with van der Waals surface area (Å²) < 4.78 is 10.5. The number of ether oxygens (including phenoxy) is 2. The Morgan fingerprint density at radius 3 is 2.45 bits per heavy atom. The molecule has 8 heteroatoms. The van der Waals surface area contributed by atoms with E-state index in [2.05, 4.69) is 0 Å². The highest BCUT2D eigenvalue weighted by Gasteiger charge is 2.51. The van der Waals surface area contributed by atoms with Gasteiger partial charge in [0.1, 0.15) is 11.5 Å². The smallest absolute Gasteiger partial charge is 0.264 e. The van der Waals surface area contributed by atoms with Gasteiger partial charge in [-0.05, 0) is 35.9 Å². The van der Waals surface area contributed by atoms with Crippen LogP contribution >= 0.6 is 23.2 Å². The van der Waals surface area contributed by atoms with Crippen LogP contribution in [-0.2, 0) is 16.9 Å². The fourth-order valence-corrected chi connectivity index (χ4v) is 4.33. The number of aliphatic hydroxyl groups is 1. The molecule has 4 rings (SSSR count). The number of rotatable bonds is 7. The number of amides is 1. The third-order valence-corrected chi connectivity index (χ3v) is 6.43. The Labute approximate surface area is 201 Å². The van der Waals surface area contributed by atoms with Crippen molar-refractivity contribution in [1.29, 1.82) is 0 Å². The van der Waals surface area contributed by atoms with E-state index in [1.54, 1.807) is 60.7 Å². The summed E-state index contributed by atoms with van der Waals surface area (Å²) in [6.07, 6.45) is -0.441. The number of anilines is 1. The summed E-state index contributed by atoms with van der Waals surface area (Å²) in [5, 5.41) is 12.3. The van der Waals surface area contributed by atoms with Crippen LogP contribution in [-0.4, -0.2) is 31.0 Å². The first-order chi connectivity index (χ1) is 15.8. The van der Waals surface area contributed by atoms with Crippen molar-refractivity contribution < 1.29 is 24.2 Å². The van der Waals surface area contributed by atoms with Crippen LogP contribution in [0.1, 0.15) is 27.9 Å². The van der Waals surface area contributed by atoms with Gasteiger partial charge in [-0.1, -0.05) is 47.5 Å². The van der Waals surface area contributed by atoms with Gasteiger partial charge in [-0.3, -0.25) is 9.59 Å². The lowest BCUT2D eigenvalue weighted by atomic mass is 9.88. The van der Waals surface area contributed by atoms with Crippen molar-refractivity contribution in [2.75, 3.05) is 19.1 Å². The molecule has 3 aromatic carbocycles. The van der Waals surface area contributed by atoms with Crippen molar-refractivity contribution in [2.24, 2.45) is 0 Å². The van der Waals surface area contributed by atoms with Gasteiger partial charge >= 0.3 is 0 Å². The fourth-order valence-electron chi connectivity index (χ4n) is 4.01. The van der Waals surface area contributed by atoms with Crippen molar-refractivity contribution in [1.82, 2.24) is 0 Å². The molecule has 1 amide bonds. The summed E-state index contributed by atoms with van der Waals surface area (Å²) in [7, 11) is 2.95. The number of nitrogens with zero attached hydrogens (tertiary/aromatic N) is 1. The number of halogens is 2. The fraction of sp³-hybridized carbons (Fsp3) is 0.200. The summed E-state index contributed by atoms with van der Waals surface area (Å²) in [4.78, 5) is 28.1. The molecule has 0 aromatic heterocycles. The molecular weight excluding hydrogens is 465 g/mol. The average molecular weight is 486 g/mol. The van der Waals surface area contributed by atoms with Crippen molar-refractivity contribution in [2.45, 2.75) is 18.6 Å². The number of fused-ring (bicyclic) bond motifs is 1. The minimum Gasteiger partial charge on any atom is -0.497 e. The van der Waals surface area contributed by atoms with Crippen molar-refractivity contribution in [3.8, 4) is 11.5 Å². The van der Waals surface area contributed by atoms with Gasteiger partial charge in [0.2, 0.25) is 0 Å². The van der Waals surface area contributed by atoms with Crippen molar-refractivity contribution >= 4 is 40.6 Å². The number of benzene rings is 3. The van der Waals surface area contributed by atoms with E-state index >= 15 is 0 Å². The van der Waals surface area contributed by atoms with E-state index in [1.807, 2.05) is 0 Å². The highest BCUT2D eigenvalue weighted by molar-refractivity contribution is 6.42. The molecule has 0 radical (unpaired) electrons. The summed E-state index contributed by atoms with van der Waals surface area (Å²) in [5.41, 5.74) is -0.129. The molecule has 1 heterocycles. The molecule has 6 nitrogen and oxygen atoms in total. The first kappa shape index (κ1) is 23.1. The van der Waals surface area contributed by atoms with Gasteiger partial charge < -0.3 is 19.5 Å². The summed E-state index contributed by atoms with van der Waals surface area (Å²) >= 11 is 12.1. The van der Waals surface area contributed by atoms with Crippen molar-refractivity contribution in [3.05, 3.63) is 87.4 Å². The molecule has 0 bridgehead atoms. The second-order valence-electron chi connectivity index (χ2n) is 7.68. The molecule has 1 atom stereocenters. The Morgan fingerprint density at radius 2 is 1.76 bits per heavy atom. The number of carbonyl (C=O) groups is 2. The first-order valence-electron chi connectivity index (χ1n) is 10.1. The van der Waals surface area contributed by atoms with Gasteiger partial charge in [-0.15, -0.1) is 0 Å². The molecule has 0 saturated heterocycles. The number of hydrogen-bond acceptors (Lipinski definition) is 5. The number of Topliss-reactive ketones (excluding diaryl/α,β-unsaturated/α-hetero) is 1. The normalized spacial score (nSPS) is 17.1. The zero-order valence-electron chi connectivity index (χ0n) is 18.0. The Morgan fingerprint density at radius 1 is 1.00 bits per heavy atom. The topological polar surface area (TPSA) is 76.1 Å². The first-order valence-corrected chi connectivity index (χ1v) is 10.9. The van der Waals surface area contributed by atoms with Crippen LogP contribution in [0.25, 0.3) is 0 Å². The molecule has 0 saturated carbocycles. The lowest BCUT2D eigenvalue weighted by Gasteiger charge is -2.23. The van der Waals surface area contributed by atoms with Crippen LogP contribution in [0, 0.1) is 0 Å². The van der Waals surface area contributed by atoms with Gasteiger partial charge in [0, 0.05) is 11.6 Å². The molecule has 1 N–H and O–H groups in total. The minimum atomic E-state index is -2.02. The lowest BCUT2D eigenvalue weighted by Crippen LogP contribution is -2.41. The van der Waals surface area contributed by atoms with E-state index in [0.717, 1.165) is 5.56 Å². The number of carbonyl (C=O) groups excluding carboxylic acids is 2. The standard InChI is InChI=1S/C25H21Cl2NO5/c1-32-16-8-9-17(23(12-16)33-2)22(29)13-25(31)18-5-3-4-6-21(18)28(24(25)30)14-15-7-10-19(26)20(27)11-15/h3-12,31H,13-14H2,1-2H3. The SMILES string of the molecule is COc1ccc(C(=O)CC2(O)C(=O)N(Cc3ccc(Cl)c(Cl)c3)c3ccccc32)c(OC)c1. The van der Waals surface area contributed by atoms with Crippen LogP contribution in [0.15, 0.2) is 60.7 Å². The second kappa shape index (κ2) is 9.06. The maximum atomic E-state index is 13.5. The van der Waals surface area contributed by atoms with E-state index in [4.69, 9.17) is 32.7 Å². The maximum absolute atomic E-state index is 13.5. The quantitative estimate of drug-likeness (QED) is 0.475. The third-order valence-electron chi connectivity index (χ3n) is 5.69. The second-order valence-corrected chi connectivity index (χ2v) is 8.50. The van der Waals surface area contributed by atoms with E-state index in [1.165, 1.54) is 19.1 Å². The number of para-hydroxylation sites is 1. The Bertz CT molecular complexity index is 1250. The molecule has 1 aliphatic rings. The van der Waals surface area contributed by atoms with Gasteiger partial charge in [0.25, 0.3) is 5.91 Å². The minimum absolute atomic E-state index is 0.162. The van der Waals surface area contributed by atoms with Crippen LogP contribution in [0.3, 0.4) is 0 Å². The van der Waals surface area contributed by atoms with E-state index in [0.29, 0.717) is 32.8 Å². The van der Waals surface area contributed by atoms with Crippen LogP contribution in [0.4, 0.5) is 5.69 Å². The van der Waals surface area contributed by atoms with E-state index in [-0.39, 0.29) is 12.1 Å². The molecule has 0 aliphatic carbocycles. The molecular formula is C25H21Cl2NO5. The van der Waals surface area contributed by atoms with Gasteiger partial charge in [0.05, 0.1) is 48.5 Å². The number of methoxy groups -OCH3 is 2. The molecule has 33 heavy (non-hydrogen) atoms. The van der Waals surface area contributed by atoms with Gasteiger partial charge in [-0.2, -0.15) is 0 Å². The van der Waals surface area contributed by atoms with Crippen molar-refractivity contribution in [3.63, 3.8) is 0 Å². The van der Waals surface area contributed by atoms with Crippen LogP contribution in [0.2, 0.25) is 10.0 Å². The molecule has 1 aliphatic heterocycles. The maximum Gasteiger partial charge on any atom is 0.264 e. The summed E-state index contributed by atoms with van der Waals surface area (Å²) in [6.45, 7) is 0.162. The zero-order valence-corrected chi connectivity index (χ0v) is 19.5. The van der Waals surface area contributed by atoms with E-state index in [9.17, 15) is 14.7 Å². The zero-order chi connectivity index (χ0) is 23.8. The molecule has 0 fully saturated rings. The molecule has 1 unspecified atom stereocenters. The Balaban J connectivity index is 1.68. The summed E-state index contributed by atoms with van der Waals surface area (Å²) in [5.74, 6) is -0.196. The predicted molar refractivity (Wildman–Crippen MR) is 126 cm³/mol.